The van der Waals surface area contributed by atoms with Crippen molar-refractivity contribution in [1.29, 1.82) is 0 Å². The second-order valence-electron chi connectivity index (χ2n) is 6.01. The highest BCUT2D eigenvalue weighted by molar-refractivity contribution is 5.95. The first-order valence-corrected chi connectivity index (χ1v) is 7.79. The molecule has 0 saturated carbocycles. The minimum Gasteiger partial charge on any atom is -0.469 e. The fourth-order valence-corrected chi connectivity index (χ4v) is 3.34. The Morgan fingerprint density at radius 3 is 2.52 bits per heavy atom. The molecule has 0 spiro atoms. The molecule has 0 aromatic carbocycles. The van der Waals surface area contributed by atoms with Gasteiger partial charge < -0.3 is 14.2 Å². The summed E-state index contributed by atoms with van der Waals surface area (Å²) in [6.45, 7) is 4.82. The number of rotatable bonds is 2. The van der Waals surface area contributed by atoms with E-state index in [-0.39, 0.29) is 17.7 Å². The molecule has 0 radical (unpaired) electrons. The van der Waals surface area contributed by atoms with Crippen LogP contribution < -0.4 is 0 Å². The van der Waals surface area contributed by atoms with E-state index >= 15 is 0 Å². The number of hydrogen-bond acceptors (Lipinski definition) is 3. The summed E-state index contributed by atoms with van der Waals surface area (Å²) in [4.78, 5) is 28.8. The largest absolute Gasteiger partial charge is 0.469 e. The minimum atomic E-state index is -0.0343. The summed E-state index contributed by atoms with van der Waals surface area (Å²) >= 11 is 0. The number of piperidine rings is 1. The Morgan fingerprint density at radius 1 is 1.14 bits per heavy atom. The first-order chi connectivity index (χ1) is 10.2. The molecule has 3 heterocycles. The molecule has 114 valence electrons. The standard InChI is InChI=1S/C16H22N2O3/c1-12-14(6-10-21-12)16(20)18-9-4-5-13(11-18)15(19)17-7-2-3-8-17/h6,10,13H,2-5,7-9,11H2,1H3. The molecule has 2 fully saturated rings. The van der Waals surface area contributed by atoms with Crippen molar-refractivity contribution >= 4 is 11.8 Å². The van der Waals surface area contributed by atoms with E-state index in [1.165, 1.54) is 0 Å². The quantitative estimate of drug-likeness (QED) is 0.838. The fourth-order valence-electron chi connectivity index (χ4n) is 3.34. The number of carbonyl (C=O) groups excluding carboxylic acids is 2. The number of furan rings is 1. The first-order valence-electron chi connectivity index (χ1n) is 7.79. The third kappa shape index (κ3) is 2.82. The Hall–Kier alpha value is -1.78. The van der Waals surface area contributed by atoms with Crippen LogP contribution in [-0.2, 0) is 4.79 Å². The van der Waals surface area contributed by atoms with Crippen LogP contribution >= 0.6 is 0 Å². The molecule has 2 aliphatic heterocycles. The highest BCUT2D eigenvalue weighted by Crippen LogP contribution is 2.23. The van der Waals surface area contributed by atoms with Crippen LogP contribution in [0.25, 0.3) is 0 Å². The van der Waals surface area contributed by atoms with E-state index in [0.29, 0.717) is 17.9 Å². The lowest BCUT2D eigenvalue weighted by Crippen LogP contribution is -2.46. The minimum absolute atomic E-state index is 0.0137. The number of aryl methyl sites for hydroxylation is 1. The van der Waals surface area contributed by atoms with Crippen molar-refractivity contribution < 1.29 is 14.0 Å². The zero-order valence-electron chi connectivity index (χ0n) is 12.5. The first kappa shape index (κ1) is 14.2. The molecular weight excluding hydrogens is 268 g/mol. The summed E-state index contributed by atoms with van der Waals surface area (Å²) in [5.74, 6) is 0.829. The van der Waals surface area contributed by atoms with Crippen LogP contribution in [0.2, 0.25) is 0 Å². The van der Waals surface area contributed by atoms with Gasteiger partial charge in [-0.3, -0.25) is 9.59 Å². The molecule has 0 N–H and O–H groups in total. The van der Waals surface area contributed by atoms with Gasteiger partial charge in [-0.1, -0.05) is 0 Å². The van der Waals surface area contributed by atoms with Crippen LogP contribution in [0, 0.1) is 12.8 Å². The van der Waals surface area contributed by atoms with Gasteiger partial charge in [-0.25, -0.2) is 0 Å². The van der Waals surface area contributed by atoms with Crippen molar-refractivity contribution in [3.8, 4) is 0 Å². The van der Waals surface area contributed by atoms with Gasteiger partial charge in [0.05, 0.1) is 17.7 Å². The normalized spacial score (nSPS) is 22.6. The molecule has 1 unspecified atom stereocenters. The van der Waals surface area contributed by atoms with Crippen LogP contribution in [-0.4, -0.2) is 47.8 Å². The third-order valence-electron chi connectivity index (χ3n) is 4.56. The molecule has 1 aromatic heterocycles. The molecular formula is C16H22N2O3. The maximum atomic E-state index is 12.5. The zero-order valence-corrected chi connectivity index (χ0v) is 12.5. The van der Waals surface area contributed by atoms with Gasteiger partial charge in [0.25, 0.3) is 5.91 Å². The van der Waals surface area contributed by atoms with E-state index in [2.05, 4.69) is 0 Å². The van der Waals surface area contributed by atoms with Crippen LogP contribution in [0.3, 0.4) is 0 Å². The summed E-state index contributed by atoms with van der Waals surface area (Å²) < 4.78 is 5.21. The Balaban J connectivity index is 1.66. The Bertz CT molecular complexity index is 531. The van der Waals surface area contributed by atoms with E-state index in [1.807, 2.05) is 4.90 Å². The summed E-state index contributed by atoms with van der Waals surface area (Å²) in [5.41, 5.74) is 0.615. The molecule has 3 rings (SSSR count). The van der Waals surface area contributed by atoms with Crippen LogP contribution in [0.1, 0.15) is 41.8 Å². The lowest BCUT2D eigenvalue weighted by Gasteiger charge is -2.33. The average Bonchev–Trinajstić information content (AvgIpc) is 3.17. The maximum Gasteiger partial charge on any atom is 0.257 e. The molecule has 1 aromatic rings. The van der Waals surface area contributed by atoms with E-state index in [1.54, 1.807) is 24.2 Å². The molecule has 2 saturated heterocycles. The summed E-state index contributed by atoms with van der Waals surface area (Å²) in [7, 11) is 0. The second kappa shape index (κ2) is 5.92. The number of carbonyl (C=O) groups is 2. The topological polar surface area (TPSA) is 53.8 Å². The average molecular weight is 290 g/mol. The predicted molar refractivity (Wildman–Crippen MR) is 77.9 cm³/mol. The van der Waals surface area contributed by atoms with Crippen molar-refractivity contribution in [2.75, 3.05) is 26.2 Å². The molecule has 2 amide bonds. The highest BCUT2D eigenvalue weighted by Gasteiger charge is 2.33. The molecule has 5 heteroatoms. The molecule has 0 aliphatic carbocycles. The zero-order chi connectivity index (χ0) is 14.8. The monoisotopic (exact) mass is 290 g/mol. The molecule has 2 aliphatic rings. The highest BCUT2D eigenvalue weighted by atomic mass is 16.3. The number of hydrogen-bond donors (Lipinski definition) is 0. The van der Waals surface area contributed by atoms with Crippen LogP contribution in [0.15, 0.2) is 16.7 Å². The van der Waals surface area contributed by atoms with Gasteiger partial charge in [0.2, 0.25) is 5.91 Å². The SMILES string of the molecule is Cc1occc1C(=O)N1CCCC(C(=O)N2CCCC2)C1. The third-order valence-corrected chi connectivity index (χ3v) is 4.56. The van der Waals surface area contributed by atoms with E-state index in [9.17, 15) is 9.59 Å². The molecule has 0 bridgehead atoms. The van der Waals surface area contributed by atoms with Gasteiger partial charge in [0.1, 0.15) is 5.76 Å². The van der Waals surface area contributed by atoms with Crippen molar-refractivity contribution in [2.45, 2.75) is 32.6 Å². The Kier molecular flexibility index (Phi) is 3.99. The van der Waals surface area contributed by atoms with Crippen LogP contribution in [0.4, 0.5) is 0 Å². The van der Waals surface area contributed by atoms with Crippen molar-refractivity contribution in [3.05, 3.63) is 23.7 Å². The van der Waals surface area contributed by atoms with Gasteiger partial charge >= 0.3 is 0 Å². The van der Waals surface area contributed by atoms with E-state index in [4.69, 9.17) is 4.42 Å². The fraction of sp³-hybridized carbons (Fsp3) is 0.625. The van der Waals surface area contributed by atoms with Gasteiger partial charge in [0, 0.05) is 26.2 Å². The van der Waals surface area contributed by atoms with Gasteiger partial charge in [0.15, 0.2) is 0 Å². The van der Waals surface area contributed by atoms with Crippen molar-refractivity contribution in [2.24, 2.45) is 5.92 Å². The van der Waals surface area contributed by atoms with E-state index < -0.39 is 0 Å². The van der Waals surface area contributed by atoms with Gasteiger partial charge in [-0.15, -0.1) is 0 Å². The van der Waals surface area contributed by atoms with Crippen molar-refractivity contribution in [1.82, 2.24) is 9.80 Å². The van der Waals surface area contributed by atoms with Crippen LogP contribution in [0.5, 0.6) is 0 Å². The van der Waals surface area contributed by atoms with Gasteiger partial charge in [-0.05, 0) is 38.7 Å². The summed E-state index contributed by atoms with van der Waals surface area (Å²) in [6, 6.07) is 1.71. The molecule has 21 heavy (non-hydrogen) atoms. The Labute approximate surface area is 124 Å². The lowest BCUT2D eigenvalue weighted by atomic mass is 9.96. The second-order valence-corrected chi connectivity index (χ2v) is 6.01. The smallest absolute Gasteiger partial charge is 0.257 e. The number of nitrogens with zero attached hydrogens (tertiary/aromatic N) is 2. The maximum absolute atomic E-state index is 12.5. The summed E-state index contributed by atoms with van der Waals surface area (Å²) in [5, 5.41) is 0. The lowest BCUT2D eigenvalue weighted by molar-refractivity contribution is -0.135. The molecule has 1 atom stereocenters. The van der Waals surface area contributed by atoms with Gasteiger partial charge in [-0.2, -0.15) is 0 Å². The molecule has 5 nitrogen and oxygen atoms in total. The predicted octanol–water partition coefficient (Wildman–Crippen LogP) is 2.06. The summed E-state index contributed by atoms with van der Waals surface area (Å²) in [6.07, 6.45) is 5.54. The van der Waals surface area contributed by atoms with Crippen molar-refractivity contribution in [3.63, 3.8) is 0 Å². The Morgan fingerprint density at radius 2 is 1.86 bits per heavy atom. The van der Waals surface area contributed by atoms with E-state index in [0.717, 1.165) is 45.3 Å². The number of likely N-dealkylation sites (tertiary alicyclic amines) is 2. The number of amides is 2.